The van der Waals surface area contributed by atoms with Gasteiger partial charge in [-0.25, -0.2) is 4.79 Å². The summed E-state index contributed by atoms with van der Waals surface area (Å²) in [5.74, 6) is -1.52. The second-order valence-electron chi connectivity index (χ2n) is 6.13. The largest absolute Gasteiger partial charge is 0.463 e. The lowest BCUT2D eigenvalue weighted by Crippen LogP contribution is -2.30. The quantitative estimate of drug-likeness (QED) is 0.160. The molecule has 0 N–H and O–H groups in total. The van der Waals surface area contributed by atoms with Crippen LogP contribution in [0, 0.1) is 10.1 Å². The average molecular weight is 465 g/mol. The molecule has 0 spiro atoms. The fourth-order valence-corrected chi connectivity index (χ4v) is 2.99. The van der Waals surface area contributed by atoms with E-state index in [1.165, 1.54) is 6.07 Å². The topological polar surface area (TPSA) is 134 Å². The second-order valence-corrected chi connectivity index (χ2v) is 6.90. The van der Waals surface area contributed by atoms with E-state index in [9.17, 15) is 19.7 Å². The number of hydrogen-bond acceptors (Lipinski definition) is 10. The maximum Gasteiger partial charge on any atom is 0.392 e. The van der Waals surface area contributed by atoms with Gasteiger partial charge in [-0.2, -0.15) is 9.97 Å². The number of amides is 1. The molecule has 0 aliphatic heterocycles. The molecule has 0 bridgehead atoms. The van der Waals surface area contributed by atoms with Gasteiger partial charge in [0.05, 0.1) is 11.5 Å². The van der Waals surface area contributed by atoms with Gasteiger partial charge in [-0.3, -0.25) is 14.9 Å². The Labute approximate surface area is 189 Å². The summed E-state index contributed by atoms with van der Waals surface area (Å²) in [6.07, 6.45) is 1.67. The molecule has 0 saturated carbocycles. The molecule has 1 aromatic heterocycles. The lowest BCUT2D eigenvalue weighted by molar-refractivity contribution is -0.387. The van der Waals surface area contributed by atoms with Crippen molar-refractivity contribution in [3.8, 4) is 17.5 Å². The van der Waals surface area contributed by atoms with Crippen LogP contribution < -0.4 is 9.47 Å². The van der Waals surface area contributed by atoms with Crippen LogP contribution in [-0.4, -0.2) is 64.2 Å². The summed E-state index contributed by atoms with van der Waals surface area (Å²) in [5, 5.41) is 11.9. The molecule has 1 amide bonds. The molecule has 0 aliphatic carbocycles. The summed E-state index contributed by atoms with van der Waals surface area (Å²) in [7, 11) is 0. The molecule has 11 nitrogen and oxygen atoms in total. The van der Waals surface area contributed by atoms with E-state index in [0.717, 1.165) is 11.8 Å². The Morgan fingerprint density at radius 3 is 2.44 bits per heavy atom. The third-order valence-corrected chi connectivity index (χ3v) is 4.69. The summed E-state index contributed by atoms with van der Waals surface area (Å²) in [6.45, 7) is 6.02. The molecule has 0 radical (unpaired) electrons. The van der Waals surface area contributed by atoms with Gasteiger partial charge in [-0.15, -0.1) is 0 Å². The fourth-order valence-electron chi connectivity index (χ4n) is 2.64. The van der Waals surface area contributed by atoms with Crippen LogP contribution in [0.5, 0.6) is 17.5 Å². The smallest absolute Gasteiger partial charge is 0.392 e. The number of rotatable bonds is 11. The van der Waals surface area contributed by atoms with E-state index in [-0.39, 0.29) is 29.3 Å². The zero-order valence-corrected chi connectivity index (χ0v) is 19.0. The van der Waals surface area contributed by atoms with Crippen molar-refractivity contribution in [3.63, 3.8) is 0 Å². The van der Waals surface area contributed by atoms with Crippen molar-refractivity contribution < 1.29 is 28.7 Å². The number of ether oxygens (including phenoxy) is 3. The fraction of sp³-hybridized carbons (Fsp3) is 0.400. The Kier molecular flexibility index (Phi) is 9.20. The van der Waals surface area contributed by atoms with E-state index in [2.05, 4.69) is 9.97 Å². The van der Waals surface area contributed by atoms with Gasteiger partial charge in [0.25, 0.3) is 5.91 Å². The SMILES string of the molecule is CCOC(=O)COc1nc(SC)nc(Oc2cccc(C(=O)N(CC)CC)c2)c1[N+](=O)[O-]. The third-order valence-electron chi connectivity index (χ3n) is 4.14. The summed E-state index contributed by atoms with van der Waals surface area (Å²) in [4.78, 5) is 44.9. The van der Waals surface area contributed by atoms with Crippen LogP contribution in [0.4, 0.5) is 5.69 Å². The lowest BCUT2D eigenvalue weighted by Gasteiger charge is -2.18. The lowest BCUT2D eigenvalue weighted by atomic mass is 10.2. The second kappa shape index (κ2) is 11.8. The van der Waals surface area contributed by atoms with Crippen LogP contribution >= 0.6 is 11.8 Å². The number of nitro groups is 1. The van der Waals surface area contributed by atoms with Crippen LogP contribution in [0.25, 0.3) is 0 Å². The minimum absolute atomic E-state index is 0.139. The van der Waals surface area contributed by atoms with E-state index >= 15 is 0 Å². The van der Waals surface area contributed by atoms with Crippen LogP contribution in [-0.2, 0) is 9.53 Å². The van der Waals surface area contributed by atoms with Crippen LogP contribution in [0.15, 0.2) is 29.4 Å². The van der Waals surface area contributed by atoms with Gasteiger partial charge >= 0.3 is 23.4 Å². The number of thioether (sulfide) groups is 1. The summed E-state index contributed by atoms with van der Waals surface area (Å²) in [6, 6.07) is 6.25. The number of esters is 1. The van der Waals surface area contributed by atoms with Crippen molar-refractivity contribution >= 4 is 29.3 Å². The molecule has 1 aromatic carbocycles. The molecular formula is C20H24N4O7S. The van der Waals surface area contributed by atoms with Crippen molar-refractivity contribution in [1.29, 1.82) is 0 Å². The van der Waals surface area contributed by atoms with Crippen LogP contribution in [0.1, 0.15) is 31.1 Å². The van der Waals surface area contributed by atoms with E-state index in [1.54, 1.807) is 36.3 Å². The Hall–Kier alpha value is -3.41. The zero-order chi connectivity index (χ0) is 23.7. The molecule has 2 rings (SSSR count). The van der Waals surface area contributed by atoms with Gasteiger partial charge in [0.2, 0.25) is 0 Å². The first-order valence-corrected chi connectivity index (χ1v) is 11.0. The highest BCUT2D eigenvalue weighted by molar-refractivity contribution is 7.98. The number of carbonyl (C=O) groups excluding carboxylic acids is 2. The van der Waals surface area contributed by atoms with Gasteiger partial charge in [0.15, 0.2) is 11.8 Å². The molecule has 0 aliphatic rings. The standard InChI is InChI=1S/C20H24N4O7S/c1-5-23(6-2)19(26)13-9-8-10-14(11-13)31-18-16(24(27)28)17(21-20(22-18)32-4)30-12-15(25)29-7-3/h8-11H,5-7,12H2,1-4H3. The minimum Gasteiger partial charge on any atom is -0.463 e. The molecular weight excluding hydrogens is 440 g/mol. The highest BCUT2D eigenvalue weighted by Gasteiger charge is 2.29. The number of nitrogens with zero attached hydrogens (tertiary/aromatic N) is 4. The van der Waals surface area contributed by atoms with E-state index in [0.29, 0.717) is 18.7 Å². The Morgan fingerprint density at radius 2 is 1.84 bits per heavy atom. The third kappa shape index (κ3) is 6.30. The maximum absolute atomic E-state index is 12.6. The summed E-state index contributed by atoms with van der Waals surface area (Å²) >= 11 is 1.11. The highest BCUT2D eigenvalue weighted by Crippen LogP contribution is 2.38. The van der Waals surface area contributed by atoms with Crippen molar-refractivity contribution in [2.45, 2.75) is 25.9 Å². The first kappa shape index (κ1) is 24.9. The monoisotopic (exact) mass is 464 g/mol. The first-order chi connectivity index (χ1) is 15.3. The van der Waals surface area contributed by atoms with Crippen molar-refractivity contribution in [1.82, 2.24) is 14.9 Å². The Bertz CT molecular complexity index is 982. The zero-order valence-electron chi connectivity index (χ0n) is 18.2. The maximum atomic E-state index is 12.6. The van der Waals surface area contributed by atoms with Crippen LogP contribution in [0.2, 0.25) is 0 Å². The van der Waals surface area contributed by atoms with Crippen LogP contribution in [0.3, 0.4) is 0 Å². The molecule has 172 valence electrons. The predicted molar refractivity (Wildman–Crippen MR) is 116 cm³/mol. The molecule has 0 atom stereocenters. The Morgan fingerprint density at radius 1 is 1.16 bits per heavy atom. The van der Waals surface area contributed by atoms with Crippen molar-refractivity contribution in [3.05, 3.63) is 39.9 Å². The molecule has 0 saturated heterocycles. The first-order valence-electron chi connectivity index (χ1n) is 9.80. The minimum atomic E-state index is -0.759. The van der Waals surface area contributed by atoms with E-state index in [1.807, 2.05) is 13.8 Å². The number of aromatic nitrogens is 2. The van der Waals surface area contributed by atoms with E-state index in [4.69, 9.17) is 14.2 Å². The van der Waals surface area contributed by atoms with Gasteiger partial charge < -0.3 is 19.1 Å². The van der Waals surface area contributed by atoms with Crippen molar-refractivity contribution in [2.75, 3.05) is 32.6 Å². The summed E-state index contributed by atoms with van der Waals surface area (Å²) in [5.41, 5.74) is -0.278. The molecule has 32 heavy (non-hydrogen) atoms. The van der Waals surface area contributed by atoms with E-state index < -0.39 is 29.1 Å². The van der Waals surface area contributed by atoms with Gasteiger partial charge in [-0.05, 0) is 45.2 Å². The normalized spacial score (nSPS) is 10.4. The van der Waals surface area contributed by atoms with Gasteiger partial charge in [-0.1, -0.05) is 17.8 Å². The molecule has 1 heterocycles. The molecule has 2 aromatic rings. The number of hydrogen-bond donors (Lipinski definition) is 0. The highest BCUT2D eigenvalue weighted by atomic mass is 32.2. The number of carbonyl (C=O) groups is 2. The molecule has 0 unspecified atom stereocenters. The number of benzene rings is 1. The van der Waals surface area contributed by atoms with Gasteiger partial charge in [0.1, 0.15) is 5.75 Å². The predicted octanol–water partition coefficient (Wildman–Crippen LogP) is 3.32. The summed E-state index contributed by atoms with van der Waals surface area (Å²) < 4.78 is 15.7. The molecule has 0 fully saturated rings. The Balaban J connectivity index is 2.41. The average Bonchev–Trinajstić information content (AvgIpc) is 2.78. The van der Waals surface area contributed by atoms with Gasteiger partial charge in [0, 0.05) is 18.7 Å². The van der Waals surface area contributed by atoms with Crippen molar-refractivity contribution in [2.24, 2.45) is 0 Å². The molecule has 12 heteroatoms.